The van der Waals surface area contributed by atoms with Crippen molar-refractivity contribution in [2.24, 2.45) is 7.05 Å². The number of ether oxygens (including phenoxy) is 1. The Hall–Kier alpha value is -2.32. The van der Waals surface area contributed by atoms with Crippen LogP contribution in [0.3, 0.4) is 0 Å². The molecule has 4 heterocycles. The maximum Gasteiger partial charge on any atom is 0.274 e. The number of aromatic nitrogens is 4. The molecule has 2 aromatic rings. The molecule has 0 N–H and O–H groups in total. The third-order valence-corrected chi connectivity index (χ3v) is 5.01. The second-order valence-electron chi connectivity index (χ2n) is 6.59. The average molecular weight is 342 g/mol. The summed E-state index contributed by atoms with van der Waals surface area (Å²) in [4.78, 5) is 29.5. The normalized spacial score (nSPS) is 24.1. The number of rotatable bonds is 3. The van der Waals surface area contributed by atoms with Gasteiger partial charge in [0.25, 0.3) is 5.91 Å². The largest absolute Gasteiger partial charge is 0.374 e. The number of carbonyl (C=O) groups excluding carboxylic acids is 1. The van der Waals surface area contributed by atoms with E-state index in [1.165, 1.54) is 11.9 Å². The monoisotopic (exact) mass is 342 g/mol. The molecule has 25 heavy (non-hydrogen) atoms. The fourth-order valence-corrected chi connectivity index (χ4v) is 3.66. The summed E-state index contributed by atoms with van der Waals surface area (Å²) in [6.07, 6.45) is 9.39. The number of carbonyl (C=O) groups is 1. The molecule has 2 aliphatic rings. The Morgan fingerprint density at radius 3 is 2.96 bits per heavy atom. The zero-order chi connectivity index (χ0) is 17.2. The number of likely N-dealkylation sites (tertiary alicyclic amines) is 1. The van der Waals surface area contributed by atoms with Crippen molar-refractivity contribution < 1.29 is 9.53 Å². The molecule has 4 rings (SSSR count). The SMILES string of the molecule is Cn1cncc1CN1CC[C@@H]2OCCN(C(=O)c3cnccn3)[C@H]2C1. The second kappa shape index (κ2) is 6.89. The molecule has 132 valence electrons. The van der Waals surface area contributed by atoms with Crippen LogP contribution in [0.1, 0.15) is 22.6 Å². The van der Waals surface area contributed by atoms with Crippen LogP contribution < -0.4 is 0 Å². The van der Waals surface area contributed by atoms with Crippen molar-refractivity contribution in [2.75, 3.05) is 26.2 Å². The summed E-state index contributed by atoms with van der Waals surface area (Å²) in [5, 5.41) is 0. The molecule has 2 aliphatic heterocycles. The fourth-order valence-electron chi connectivity index (χ4n) is 3.66. The molecule has 8 nitrogen and oxygen atoms in total. The first-order chi connectivity index (χ1) is 12.2. The van der Waals surface area contributed by atoms with Gasteiger partial charge < -0.3 is 14.2 Å². The van der Waals surface area contributed by atoms with Crippen LogP contribution in [0, 0.1) is 0 Å². The molecule has 2 atom stereocenters. The maximum absolute atomic E-state index is 12.9. The fraction of sp³-hybridized carbons (Fsp3) is 0.529. The van der Waals surface area contributed by atoms with E-state index in [1.807, 2.05) is 29.0 Å². The van der Waals surface area contributed by atoms with E-state index in [-0.39, 0.29) is 18.1 Å². The first-order valence-electron chi connectivity index (χ1n) is 8.58. The van der Waals surface area contributed by atoms with E-state index in [2.05, 4.69) is 19.9 Å². The van der Waals surface area contributed by atoms with Crippen molar-refractivity contribution in [3.05, 3.63) is 42.5 Å². The van der Waals surface area contributed by atoms with Crippen molar-refractivity contribution in [3.63, 3.8) is 0 Å². The minimum atomic E-state index is -0.0613. The van der Waals surface area contributed by atoms with Crippen molar-refractivity contribution >= 4 is 5.91 Å². The van der Waals surface area contributed by atoms with Gasteiger partial charge in [-0.2, -0.15) is 0 Å². The summed E-state index contributed by atoms with van der Waals surface area (Å²) in [6.45, 7) is 3.75. The summed E-state index contributed by atoms with van der Waals surface area (Å²) in [6, 6.07) is 0.0465. The lowest BCUT2D eigenvalue weighted by Gasteiger charge is -2.46. The number of fused-ring (bicyclic) bond motifs is 1. The van der Waals surface area contributed by atoms with Gasteiger partial charge in [0.1, 0.15) is 5.69 Å². The first-order valence-corrected chi connectivity index (χ1v) is 8.58. The smallest absolute Gasteiger partial charge is 0.274 e. The molecule has 0 aromatic carbocycles. The molecular weight excluding hydrogens is 320 g/mol. The van der Waals surface area contributed by atoms with E-state index < -0.39 is 0 Å². The van der Waals surface area contributed by atoms with E-state index in [0.717, 1.165) is 26.1 Å². The molecular formula is C17H22N6O2. The second-order valence-corrected chi connectivity index (χ2v) is 6.59. The number of piperidine rings is 1. The van der Waals surface area contributed by atoms with Crippen LogP contribution in [0.5, 0.6) is 0 Å². The summed E-state index contributed by atoms with van der Waals surface area (Å²) in [5.74, 6) is -0.0613. The molecule has 0 aliphatic carbocycles. The Bertz CT molecular complexity index is 734. The Labute approximate surface area is 146 Å². The van der Waals surface area contributed by atoms with Gasteiger partial charge in [0.15, 0.2) is 0 Å². The standard InChI is InChI=1S/C17H22N6O2/c1-21-12-19-8-13(21)10-22-5-2-16-15(11-22)23(6-7-25-16)17(24)14-9-18-3-4-20-14/h3-4,8-9,12,15-16H,2,5-7,10-11H2,1H3/t15-,16-/m0/s1. The van der Waals surface area contributed by atoms with E-state index in [9.17, 15) is 4.79 Å². The van der Waals surface area contributed by atoms with Gasteiger partial charge in [0.05, 0.1) is 37.0 Å². The van der Waals surface area contributed by atoms with E-state index in [0.29, 0.717) is 18.8 Å². The van der Waals surface area contributed by atoms with Gasteiger partial charge in [0.2, 0.25) is 0 Å². The topological polar surface area (TPSA) is 76.4 Å². The summed E-state index contributed by atoms with van der Waals surface area (Å²) >= 11 is 0. The van der Waals surface area contributed by atoms with E-state index in [1.54, 1.807) is 12.4 Å². The van der Waals surface area contributed by atoms with E-state index in [4.69, 9.17) is 4.74 Å². The minimum Gasteiger partial charge on any atom is -0.374 e. The first kappa shape index (κ1) is 16.2. The van der Waals surface area contributed by atoms with Crippen LogP contribution in [0.25, 0.3) is 0 Å². The van der Waals surface area contributed by atoms with Gasteiger partial charge in [-0.25, -0.2) is 9.97 Å². The summed E-state index contributed by atoms with van der Waals surface area (Å²) < 4.78 is 7.96. The van der Waals surface area contributed by atoms with Crippen molar-refractivity contribution in [1.29, 1.82) is 0 Å². The van der Waals surface area contributed by atoms with Crippen LogP contribution in [0.2, 0.25) is 0 Å². The number of hydrogen-bond donors (Lipinski definition) is 0. The van der Waals surface area contributed by atoms with Gasteiger partial charge in [-0.15, -0.1) is 0 Å². The number of aryl methyl sites for hydroxylation is 1. The van der Waals surface area contributed by atoms with Gasteiger partial charge in [-0.3, -0.25) is 14.7 Å². The predicted molar refractivity (Wildman–Crippen MR) is 89.7 cm³/mol. The zero-order valence-corrected chi connectivity index (χ0v) is 14.3. The van der Waals surface area contributed by atoms with Crippen LogP contribution >= 0.6 is 0 Å². The highest BCUT2D eigenvalue weighted by Crippen LogP contribution is 2.25. The maximum atomic E-state index is 12.9. The van der Waals surface area contributed by atoms with Gasteiger partial charge in [0, 0.05) is 51.8 Å². The Morgan fingerprint density at radius 2 is 2.20 bits per heavy atom. The number of nitrogens with zero attached hydrogens (tertiary/aromatic N) is 6. The average Bonchev–Trinajstić information content (AvgIpc) is 3.06. The third-order valence-electron chi connectivity index (χ3n) is 5.01. The highest BCUT2D eigenvalue weighted by molar-refractivity contribution is 5.92. The third kappa shape index (κ3) is 3.27. The van der Waals surface area contributed by atoms with Gasteiger partial charge in [-0.05, 0) is 6.42 Å². The minimum absolute atomic E-state index is 0.0465. The molecule has 2 saturated heterocycles. The quantitative estimate of drug-likeness (QED) is 0.800. The number of hydrogen-bond acceptors (Lipinski definition) is 6. The zero-order valence-electron chi connectivity index (χ0n) is 14.3. The Kier molecular flexibility index (Phi) is 4.46. The Morgan fingerprint density at radius 1 is 1.28 bits per heavy atom. The highest BCUT2D eigenvalue weighted by atomic mass is 16.5. The van der Waals surface area contributed by atoms with Crippen LogP contribution in [0.15, 0.2) is 31.1 Å². The van der Waals surface area contributed by atoms with Gasteiger partial charge >= 0.3 is 0 Å². The van der Waals surface area contributed by atoms with Gasteiger partial charge in [-0.1, -0.05) is 0 Å². The lowest BCUT2D eigenvalue weighted by atomic mass is 9.98. The van der Waals surface area contributed by atoms with Crippen molar-refractivity contribution in [3.8, 4) is 0 Å². The Balaban J connectivity index is 1.50. The molecule has 0 radical (unpaired) electrons. The number of imidazole rings is 1. The summed E-state index contributed by atoms with van der Waals surface area (Å²) in [5.41, 5.74) is 1.56. The predicted octanol–water partition coefficient (Wildman–Crippen LogP) is 0.326. The van der Waals surface area contributed by atoms with Crippen molar-refractivity contribution in [2.45, 2.75) is 25.1 Å². The lowest BCUT2D eigenvalue weighted by molar-refractivity contribution is -0.0917. The number of morpholine rings is 1. The van der Waals surface area contributed by atoms with Crippen LogP contribution in [-0.2, 0) is 18.3 Å². The molecule has 0 unspecified atom stereocenters. The van der Waals surface area contributed by atoms with Crippen LogP contribution in [0.4, 0.5) is 0 Å². The van der Waals surface area contributed by atoms with E-state index >= 15 is 0 Å². The van der Waals surface area contributed by atoms with Crippen LogP contribution in [-0.4, -0.2) is 73.6 Å². The molecule has 8 heteroatoms. The molecule has 0 saturated carbocycles. The molecule has 2 aromatic heterocycles. The lowest BCUT2D eigenvalue weighted by Crippen LogP contribution is -2.61. The molecule has 2 fully saturated rings. The van der Waals surface area contributed by atoms with Crippen molar-refractivity contribution in [1.82, 2.24) is 29.3 Å². The molecule has 0 spiro atoms. The molecule has 1 amide bonds. The highest BCUT2D eigenvalue weighted by Gasteiger charge is 2.39. The number of amides is 1. The molecule has 0 bridgehead atoms. The summed E-state index contributed by atoms with van der Waals surface area (Å²) in [7, 11) is 2.00.